The summed E-state index contributed by atoms with van der Waals surface area (Å²) >= 11 is 0. The molecule has 5 heteroatoms. The van der Waals surface area contributed by atoms with Crippen molar-refractivity contribution in [1.82, 2.24) is 20.4 Å². The molecule has 5 nitrogen and oxygen atoms in total. The van der Waals surface area contributed by atoms with Crippen molar-refractivity contribution in [3.05, 3.63) is 11.7 Å². The smallest absolute Gasteiger partial charge is 0.243 e. The number of piperidine rings is 2. The van der Waals surface area contributed by atoms with E-state index in [2.05, 4.69) is 22.4 Å². The van der Waals surface area contributed by atoms with Gasteiger partial charge in [-0.15, -0.1) is 0 Å². The van der Waals surface area contributed by atoms with Gasteiger partial charge in [-0.05, 0) is 52.1 Å². The van der Waals surface area contributed by atoms with Gasteiger partial charge in [-0.3, -0.25) is 0 Å². The number of nitrogens with one attached hydrogen (secondary N) is 1. The maximum Gasteiger partial charge on any atom is 0.243 e. The van der Waals surface area contributed by atoms with Crippen molar-refractivity contribution in [3.8, 4) is 0 Å². The Bertz CT molecular complexity index is 454. The molecule has 20 heavy (non-hydrogen) atoms. The summed E-state index contributed by atoms with van der Waals surface area (Å²) in [6.45, 7) is 1.07. The summed E-state index contributed by atoms with van der Waals surface area (Å²) < 4.78 is 5.54. The van der Waals surface area contributed by atoms with Crippen LogP contribution in [-0.4, -0.2) is 40.7 Å². The molecule has 3 atom stereocenters. The van der Waals surface area contributed by atoms with Gasteiger partial charge in [0, 0.05) is 18.0 Å². The van der Waals surface area contributed by atoms with Crippen LogP contribution < -0.4 is 5.32 Å². The third-order valence-corrected chi connectivity index (χ3v) is 5.53. The first kappa shape index (κ1) is 12.8. The Morgan fingerprint density at radius 2 is 1.95 bits per heavy atom. The SMILES string of the molecule is CN1C2CCC1CC(c1noc([C@H]3CCCCN3)n1)C2. The molecule has 1 aromatic rings. The quantitative estimate of drug-likeness (QED) is 0.897. The van der Waals surface area contributed by atoms with E-state index in [1.165, 1.54) is 38.5 Å². The molecule has 1 N–H and O–H groups in total. The second-order valence-corrected chi connectivity index (χ2v) is 6.71. The van der Waals surface area contributed by atoms with Crippen LogP contribution in [-0.2, 0) is 0 Å². The van der Waals surface area contributed by atoms with Crippen LogP contribution in [0.25, 0.3) is 0 Å². The number of rotatable bonds is 2. The molecular formula is C15H24N4O. The number of nitrogens with zero attached hydrogens (tertiary/aromatic N) is 3. The molecule has 1 aromatic heterocycles. The summed E-state index contributed by atoms with van der Waals surface area (Å²) in [6.07, 6.45) is 8.72. The lowest BCUT2D eigenvalue weighted by Crippen LogP contribution is -2.39. The Labute approximate surface area is 120 Å². The van der Waals surface area contributed by atoms with Gasteiger partial charge in [0.1, 0.15) is 0 Å². The molecule has 2 bridgehead atoms. The van der Waals surface area contributed by atoms with E-state index >= 15 is 0 Å². The van der Waals surface area contributed by atoms with E-state index in [4.69, 9.17) is 9.51 Å². The van der Waals surface area contributed by atoms with Gasteiger partial charge in [0.15, 0.2) is 5.82 Å². The summed E-state index contributed by atoms with van der Waals surface area (Å²) in [4.78, 5) is 7.28. The zero-order valence-electron chi connectivity index (χ0n) is 12.2. The molecule has 0 saturated carbocycles. The van der Waals surface area contributed by atoms with Crippen LogP contribution in [0.5, 0.6) is 0 Å². The van der Waals surface area contributed by atoms with E-state index in [9.17, 15) is 0 Å². The Kier molecular flexibility index (Phi) is 3.27. The highest BCUT2D eigenvalue weighted by atomic mass is 16.5. The van der Waals surface area contributed by atoms with Crippen molar-refractivity contribution >= 4 is 0 Å². The third kappa shape index (κ3) is 2.17. The van der Waals surface area contributed by atoms with Crippen LogP contribution in [0.1, 0.15) is 68.6 Å². The molecule has 3 aliphatic rings. The Hall–Kier alpha value is -0.940. The minimum Gasteiger partial charge on any atom is -0.338 e. The van der Waals surface area contributed by atoms with Crippen LogP contribution in [0.2, 0.25) is 0 Å². The van der Waals surface area contributed by atoms with Crippen molar-refractivity contribution in [2.24, 2.45) is 0 Å². The number of hydrogen-bond donors (Lipinski definition) is 1. The van der Waals surface area contributed by atoms with E-state index in [1.807, 2.05) is 0 Å². The standard InChI is InChI=1S/C15H24N4O/c1-19-11-5-6-12(19)9-10(8-11)14-17-15(20-18-14)13-4-2-3-7-16-13/h10-13,16H,2-9H2,1H3/t10?,11?,12?,13-/m1/s1. The summed E-state index contributed by atoms with van der Waals surface area (Å²) in [5.41, 5.74) is 0. The van der Waals surface area contributed by atoms with E-state index in [0.717, 1.165) is 36.8 Å². The lowest BCUT2D eigenvalue weighted by atomic mass is 9.90. The molecule has 4 heterocycles. The summed E-state index contributed by atoms with van der Waals surface area (Å²) in [5, 5.41) is 7.78. The maximum atomic E-state index is 5.54. The number of fused-ring (bicyclic) bond motifs is 2. The molecule has 3 fully saturated rings. The highest BCUT2D eigenvalue weighted by molar-refractivity contribution is 5.06. The van der Waals surface area contributed by atoms with E-state index < -0.39 is 0 Å². The highest BCUT2D eigenvalue weighted by Gasteiger charge is 2.40. The topological polar surface area (TPSA) is 54.2 Å². The van der Waals surface area contributed by atoms with Gasteiger partial charge in [0.2, 0.25) is 5.89 Å². The lowest BCUT2D eigenvalue weighted by molar-refractivity contribution is 0.157. The van der Waals surface area contributed by atoms with Crippen LogP contribution in [0.3, 0.4) is 0 Å². The largest absolute Gasteiger partial charge is 0.338 e. The molecule has 0 spiro atoms. The Balaban J connectivity index is 1.48. The van der Waals surface area contributed by atoms with Gasteiger partial charge < -0.3 is 14.7 Å². The van der Waals surface area contributed by atoms with Gasteiger partial charge in [-0.1, -0.05) is 11.6 Å². The first-order chi connectivity index (χ1) is 9.81. The van der Waals surface area contributed by atoms with Crippen molar-refractivity contribution in [1.29, 1.82) is 0 Å². The minimum atomic E-state index is 0.285. The summed E-state index contributed by atoms with van der Waals surface area (Å²) in [5.74, 6) is 2.27. The highest BCUT2D eigenvalue weighted by Crippen LogP contribution is 2.41. The van der Waals surface area contributed by atoms with Crippen molar-refractivity contribution < 1.29 is 4.52 Å². The normalized spacial score (nSPS) is 38.2. The molecule has 3 aliphatic heterocycles. The van der Waals surface area contributed by atoms with Gasteiger partial charge >= 0.3 is 0 Å². The predicted octanol–water partition coefficient (Wildman–Crippen LogP) is 2.22. The van der Waals surface area contributed by atoms with E-state index in [1.54, 1.807) is 0 Å². The van der Waals surface area contributed by atoms with Crippen LogP contribution in [0, 0.1) is 0 Å². The van der Waals surface area contributed by atoms with Gasteiger partial charge in [0.25, 0.3) is 0 Å². The predicted molar refractivity (Wildman–Crippen MR) is 75.4 cm³/mol. The van der Waals surface area contributed by atoms with E-state index in [-0.39, 0.29) is 6.04 Å². The Morgan fingerprint density at radius 3 is 2.65 bits per heavy atom. The average Bonchev–Trinajstić information content (AvgIpc) is 3.03. The molecule has 110 valence electrons. The van der Waals surface area contributed by atoms with Gasteiger partial charge in [-0.25, -0.2) is 0 Å². The minimum absolute atomic E-state index is 0.285. The molecular weight excluding hydrogens is 252 g/mol. The third-order valence-electron chi connectivity index (χ3n) is 5.53. The van der Waals surface area contributed by atoms with Gasteiger partial charge in [-0.2, -0.15) is 4.98 Å². The van der Waals surface area contributed by atoms with Crippen molar-refractivity contribution in [2.45, 2.75) is 69.0 Å². The first-order valence-corrected chi connectivity index (χ1v) is 8.10. The van der Waals surface area contributed by atoms with Crippen molar-refractivity contribution in [3.63, 3.8) is 0 Å². The molecule has 0 aliphatic carbocycles. The second-order valence-electron chi connectivity index (χ2n) is 6.71. The van der Waals surface area contributed by atoms with Crippen LogP contribution in [0.15, 0.2) is 4.52 Å². The molecule has 0 aromatic carbocycles. The second kappa shape index (κ2) is 5.11. The average molecular weight is 276 g/mol. The van der Waals surface area contributed by atoms with Crippen LogP contribution >= 0.6 is 0 Å². The van der Waals surface area contributed by atoms with Crippen LogP contribution in [0.4, 0.5) is 0 Å². The number of aromatic nitrogens is 2. The fraction of sp³-hybridized carbons (Fsp3) is 0.867. The van der Waals surface area contributed by atoms with E-state index in [0.29, 0.717) is 5.92 Å². The number of hydrogen-bond acceptors (Lipinski definition) is 5. The monoisotopic (exact) mass is 276 g/mol. The zero-order valence-corrected chi connectivity index (χ0v) is 12.2. The molecule has 0 amide bonds. The molecule has 2 unspecified atom stereocenters. The fourth-order valence-electron chi connectivity index (χ4n) is 4.24. The van der Waals surface area contributed by atoms with Crippen molar-refractivity contribution in [2.75, 3.05) is 13.6 Å². The molecule has 4 rings (SSSR count). The first-order valence-electron chi connectivity index (χ1n) is 8.10. The molecule has 0 radical (unpaired) electrons. The fourth-order valence-corrected chi connectivity index (χ4v) is 4.24. The molecule has 3 saturated heterocycles. The zero-order chi connectivity index (χ0) is 13.5. The lowest BCUT2D eigenvalue weighted by Gasteiger charge is -2.34. The maximum absolute atomic E-state index is 5.54. The Morgan fingerprint density at radius 1 is 1.15 bits per heavy atom. The summed E-state index contributed by atoms with van der Waals surface area (Å²) in [6, 6.07) is 1.75. The summed E-state index contributed by atoms with van der Waals surface area (Å²) in [7, 11) is 2.27. The van der Waals surface area contributed by atoms with Gasteiger partial charge in [0.05, 0.1) is 6.04 Å².